The van der Waals surface area contributed by atoms with Crippen molar-refractivity contribution in [2.75, 3.05) is 22.5 Å². The van der Waals surface area contributed by atoms with Crippen LogP contribution in [0.1, 0.15) is 29.3 Å². The van der Waals surface area contributed by atoms with E-state index in [1.807, 2.05) is 30.3 Å². The van der Waals surface area contributed by atoms with E-state index in [0.717, 1.165) is 11.3 Å². The third-order valence-electron chi connectivity index (χ3n) is 4.67. The Morgan fingerprint density at radius 2 is 1.25 bits per heavy atom. The third kappa shape index (κ3) is 6.98. The summed E-state index contributed by atoms with van der Waals surface area (Å²) < 4.78 is 0. The topological polar surface area (TPSA) is 99.3 Å². The van der Waals surface area contributed by atoms with Gasteiger partial charge in [-0.2, -0.15) is 0 Å². The Bertz CT molecular complexity index is 1050. The van der Waals surface area contributed by atoms with Crippen molar-refractivity contribution in [3.8, 4) is 0 Å². The zero-order valence-electron chi connectivity index (χ0n) is 17.9. The Labute approximate surface area is 187 Å². The summed E-state index contributed by atoms with van der Waals surface area (Å²) in [6, 6.07) is 23.6. The molecule has 0 saturated carbocycles. The van der Waals surface area contributed by atoms with Crippen molar-refractivity contribution in [1.29, 1.82) is 0 Å². The van der Waals surface area contributed by atoms with Gasteiger partial charge in [0.1, 0.15) is 0 Å². The molecule has 32 heavy (non-hydrogen) atoms. The maximum atomic E-state index is 12.3. The van der Waals surface area contributed by atoms with Crippen LogP contribution < -0.4 is 21.3 Å². The van der Waals surface area contributed by atoms with Gasteiger partial charge in [0.15, 0.2) is 0 Å². The lowest BCUT2D eigenvalue weighted by molar-refractivity contribution is -0.116. The number of benzene rings is 3. The molecule has 0 bridgehead atoms. The van der Waals surface area contributed by atoms with Crippen molar-refractivity contribution in [2.24, 2.45) is 0 Å². The highest BCUT2D eigenvalue weighted by Crippen LogP contribution is 2.14. The van der Waals surface area contributed by atoms with Crippen LogP contribution in [0.3, 0.4) is 0 Å². The molecule has 164 valence electrons. The second-order valence-corrected chi connectivity index (χ2v) is 7.13. The second-order valence-electron chi connectivity index (χ2n) is 7.13. The summed E-state index contributed by atoms with van der Waals surface area (Å²) in [6.45, 7) is 2.32. The summed E-state index contributed by atoms with van der Waals surface area (Å²) in [5.41, 5.74) is 3.63. The molecule has 7 heteroatoms. The molecule has 0 spiro atoms. The number of anilines is 3. The largest absolute Gasteiger partial charge is 0.376 e. The monoisotopic (exact) mass is 430 g/mol. The van der Waals surface area contributed by atoms with Crippen LogP contribution in [0, 0.1) is 0 Å². The Hall–Kier alpha value is -4.13. The molecule has 0 aliphatic carbocycles. The molecule has 0 saturated heterocycles. The minimum atomic E-state index is -0.208. The minimum absolute atomic E-state index is 0.0642. The van der Waals surface area contributed by atoms with E-state index in [-0.39, 0.29) is 24.3 Å². The first kappa shape index (κ1) is 22.6. The zero-order valence-corrected chi connectivity index (χ0v) is 17.9. The Morgan fingerprint density at radius 3 is 1.84 bits per heavy atom. The first-order chi connectivity index (χ1) is 15.5. The highest BCUT2D eigenvalue weighted by Gasteiger charge is 2.07. The smallest absolute Gasteiger partial charge is 0.251 e. The van der Waals surface area contributed by atoms with Crippen LogP contribution in [0.15, 0.2) is 78.9 Å². The van der Waals surface area contributed by atoms with Gasteiger partial charge in [-0.05, 0) is 54.1 Å². The predicted octanol–water partition coefficient (Wildman–Crippen LogP) is 4.02. The molecule has 0 aromatic heterocycles. The van der Waals surface area contributed by atoms with Crippen LogP contribution in [0.4, 0.5) is 17.1 Å². The molecule has 0 atom stereocenters. The van der Waals surface area contributed by atoms with E-state index in [9.17, 15) is 14.4 Å². The van der Waals surface area contributed by atoms with E-state index in [1.165, 1.54) is 0 Å². The summed E-state index contributed by atoms with van der Waals surface area (Å²) in [5, 5.41) is 11.5. The van der Waals surface area contributed by atoms with E-state index in [2.05, 4.69) is 21.3 Å². The summed E-state index contributed by atoms with van der Waals surface area (Å²) in [5.74, 6) is -0.428. The van der Waals surface area contributed by atoms with Crippen molar-refractivity contribution >= 4 is 34.8 Å². The fraction of sp³-hybridized carbons (Fsp3) is 0.160. The van der Waals surface area contributed by atoms with E-state index >= 15 is 0 Å². The van der Waals surface area contributed by atoms with Crippen LogP contribution in [-0.4, -0.2) is 24.3 Å². The quantitative estimate of drug-likeness (QED) is 0.412. The average Bonchev–Trinajstić information content (AvgIpc) is 2.83. The van der Waals surface area contributed by atoms with Gasteiger partial charge < -0.3 is 21.3 Å². The van der Waals surface area contributed by atoms with E-state index in [0.29, 0.717) is 29.9 Å². The van der Waals surface area contributed by atoms with Crippen molar-refractivity contribution in [2.45, 2.75) is 19.9 Å². The molecule has 3 rings (SSSR count). The predicted molar refractivity (Wildman–Crippen MR) is 127 cm³/mol. The van der Waals surface area contributed by atoms with Gasteiger partial charge >= 0.3 is 0 Å². The van der Waals surface area contributed by atoms with Crippen LogP contribution in [-0.2, 0) is 16.1 Å². The number of amides is 3. The fourth-order valence-electron chi connectivity index (χ4n) is 2.89. The average molecular weight is 431 g/mol. The van der Waals surface area contributed by atoms with Gasteiger partial charge in [-0.25, -0.2) is 0 Å². The van der Waals surface area contributed by atoms with E-state index in [1.54, 1.807) is 55.5 Å². The van der Waals surface area contributed by atoms with Gasteiger partial charge in [0, 0.05) is 35.6 Å². The minimum Gasteiger partial charge on any atom is -0.376 e. The van der Waals surface area contributed by atoms with Crippen molar-refractivity contribution < 1.29 is 14.4 Å². The Kier molecular flexibility index (Phi) is 7.97. The third-order valence-corrected chi connectivity index (χ3v) is 4.67. The number of nitrogens with one attached hydrogen (secondary N) is 4. The first-order valence-electron chi connectivity index (χ1n) is 10.4. The van der Waals surface area contributed by atoms with Gasteiger partial charge in [0.25, 0.3) is 5.91 Å². The van der Waals surface area contributed by atoms with E-state index < -0.39 is 0 Å². The van der Waals surface area contributed by atoms with Crippen molar-refractivity contribution in [1.82, 2.24) is 5.32 Å². The maximum absolute atomic E-state index is 12.3. The molecule has 0 radical (unpaired) electrons. The van der Waals surface area contributed by atoms with Crippen molar-refractivity contribution in [3.05, 3.63) is 90.0 Å². The highest BCUT2D eigenvalue weighted by molar-refractivity contribution is 5.96. The molecule has 3 amide bonds. The van der Waals surface area contributed by atoms with Gasteiger partial charge in [-0.1, -0.05) is 37.3 Å². The first-order valence-corrected chi connectivity index (χ1v) is 10.4. The number of rotatable bonds is 9. The SMILES string of the molecule is CCC(=O)Nc1ccc(NC(=O)CNc2ccc(C(=O)NCc3ccccc3)cc2)cc1. The molecular weight excluding hydrogens is 404 g/mol. The number of hydrogen-bond donors (Lipinski definition) is 4. The molecule has 3 aromatic carbocycles. The van der Waals surface area contributed by atoms with Gasteiger partial charge in [0.05, 0.1) is 6.54 Å². The highest BCUT2D eigenvalue weighted by atomic mass is 16.2. The molecule has 0 aliphatic rings. The number of hydrogen-bond acceptors (Lipinski definition) is 4. The van der Waals surface area contributed by atoms with Gasteiger partial charge in [-0.3, -0.25) is 14.4 Å². The molecule has 3 aromatic rings. The zero-order chi connectivity index (χ0) is 22.8. The lowest BCUT2D eigenvalue weighted by Gasteiger charge is -2.10. The number of carbonyl (C=O) groups is 3. The molecule has 0 heterocycles. The second kappa shape index (κ2) is 11.3. The van der Waals surface area contributed by atoms with Crippen LogP contribution in [0.2, 0.25) is 0 Å². The molecule has 0 aliphatic heterocycles. The number of carbonyl (C=O) groups excluding carboxylic acids is 3. The van der Waals surface area contributed by atoms with Crippen molar-refractivity contribution in [3.63, 3.8) is 0 Å². The standard InChI is InChI=1S/C25H26N4O3/c1-2-23(30)28-21-12-14-22(15-13-21)29-24(31)17-26-20-10-8-19(9-11-20)25(32)27-16-18-6-4-3-5-7-18/h3-15,26H,2,16-17H2,1H3,(H,27,32)(H,28,30)(H,29,31). The Balaban J connectivity index is 1.43. The summed E-state index contributed by atoms with van der Waals surface area (Å²) >= 11 is 0. The Morgan fingerprint density at radius 1 is 0.688 bits per heavy atom. The lowest BCUT2D eigenvalue weighted by atomic mass is 10.1. The molecule has 0 unspecified atom stereocenters. The molecule has 0 fully saturated rings. The molecule has 4 N–H and O–H groups in total. The fourth-order valence-corrected chi connectivity index (χ4v) is 2.89. The summed E-state index contributed by atoms with van der Waals surface area (Å²) in [6.07, 6.45) is 0.406. The van der Waals surface area contributed by atoms with Crippen LogP contribution in [0.5, 0.6) is 0 Å². The summed E-state index contributed by atoms with van der Waals surface area (Å²) in [4.78, 5) is 35.9. The van der Waals surface area contributed by atoms with Gasteiger partial charge in [0.2, 0.25) is 11.8 Å². The molecule has 7 nitrogen and oxygen atoms in total. The van der Waals surface area contributed by atoms with Crippen LogP contribution in [0.25, 0.3) is 0 Å². The van der Waals surface area contributed by atoms with Gasteiger partial charge in [-0.15, -0.1) is 0 Å². The maximum Gasteiger partial charge on any atom is 0.251 e. The summed E-state index contributed by atoms with van der Waals surface area (Å²) in [7, 11) is 0. The normalized spacial score (nSPS) is 10.2. The van der Waals surface area contributed by atoms with Crippen LogP contribution >= 0.6 is 0 Å². The van der Waals surface area contributed by atoms with E-state index in [4.69, 9.17) is 0 Å². The lowest BCUT2D eigenvalue weighted by Crippen LogP contribution is -2.23. The molecular formula is C25H26N4O3.